The number of sulfonamides is 1. The number of hydrogen-bond donors (Lipinski definition) is 1. The highest BCUT2D eigenvalue weighted by Gasteiger charge is 2.16. The fourth-order valence-corrected chi connectivity index (χ4v) is 3.42. The van der Waals surface area contributed by atoms with Crippen molar-refractivity contribution in [2.75, 3.05) is 30.8 Å². The summed E-state index contributed by atoms with van der Waals surface area (Å²) in [6.07, 6.45) is 2.63. The minimum Gasteiger partial charge on any atom is -0.494 e. The largest absolute Gasteiger partial charge is 0.494 e. The average molecular weight is 425 g/mol. The first-order valence-electron chi connectivity index (χ1n) is 8.96. The van der Waals surface area contributed by atoms with Gasteiger partial charge in [0.25, 0.3) is 5.91 Å². The molecule has 0 saturated carbocycles. The zero-order valence-electron chi connectivity index (χ0n) is 16.2. The van der Waals surface area contributed by atoms with Gasteiger partial charge in [0.05, 0.1) is 29.1 Å². The van der Waals surface area contributed by atoms with Crippen LogP contribution in [0.4, 0.5) is 5.69 Å². The van der Waals surface area contributed by atoms with Crippen LogP contribution < -0.4 is 14.4 Å². The Morgan fingerprint density at radius 3 is 2.57 bits per heavy atom. The Labute approximate surface area is 171 Å². The van der Waals surface area contributed by atoms with Gasteiger partial charge in [-0.3, -0.25) is 9.10 Å². The maximum atomic E-state index is 12.4. The SMILES string of the molecule is CCOc1ccccc1CCCNC(=O)c1ccc(N(C)S(C)(=O)=O)cc1Cl. The van der Waals surface area contributed by atoms with Crippen LogP contribution in [0, 0.1) is 0 Å². The van der Waals surface area contributed by atoms with Crippen LogP contribution in [-0.2, 0) is 16.4 Å². The van der Waals surface area contributed by atoms with E-state index < -0.39 is 10.0 Å². The van der Waals surface area contributed by atoms with E-state index in [4.69, 9.17) is 16.3 Å². The van der Waals surface area contributed by atoms with Crippen molar-refractivity contribution in [3.63, 3.8) is 0 Å². The number of nitrogens with one attached hydrogen (secondary N) is 1. The minimum atomic E-state index is -3.39. The second kappa shape index (κ2) is 9.80. The molecule has 6 nitrogen and oxygen atoms in total. The number of benzene rings is 2. The van der Waals surface area contributed by atoms with Crippen LogP contribution in [0.1, 0.15) is 29.3 Å². The van der Waals surface area contributed by atoms with Crippen molar-refractivity contribution in [1.82, 2.24) is 5.32 Å². The molecule has 1 amide bonds. The second-order valence-corrected chi connectivity index (χ2v) is 8.72. The lowest BCUT2D eigenvalue weighted by molar-refractivity contribution is 0.0953. The van der Waals surface area contributed by atoms with Gasteiger partial charge in [-0.2, -0.15) is 0 Å². The number of ether oxygens (including phenoxy) is 1. The number of anilines is 1. The molecule has 2 aromatic rings. The number of hydrogen-bond acceptors (Lipinski definition) is 4. The third-order valence-corrected chi connectivity index (χ3v) is 5.76. The summed E-state index contributed by atoms with van der Waals surface area (Å²) >= 11 is 6.18. The van der Waals surface area contributed by atoms with Crippen molar-refractivity contribution in [3.8, 4) is 5.75 Å². The Kier molecular flexibility index (Phi) is 7.71. The Morgan fingerprint density at radius 1 is 1.21 bits per heavy atom. The Hall–Kier alpha value is -2.25. The van der Waals surface area contributed by atoms with E-state index in [0.29, 0.717) is 24.4 Å². The van der Waals surface area contributed by atoms with Gasteiger partial charge in [0.15, 0.2) is 0 Å². The van der Waals surface area contributed by atoms with Gasteiger partial charge in [0.2, 0.25) is 10.0 Å². The van der Waals surface area contributed by atoms with E-state index in [1.807, 2.05) is 31.2 Å². The standard InChI is InChI=1S/C20H25ClN2O4S/c1-4-27-19-10-6-5-8-15(19)9-7-13-22-20(24)17-12-11-16(14-18(17)21)23(2)28(3,25)26/h5-6,8,10-12,14H,4,7,9,13H2,1-3H3,(H,22,24). The van der Waals surface area contributed by atoms with Gasteiger partial charge in [0, 0.05) is 13.6 Å². The zero-order chi connectivity index (χ0) is 20.7. The lowest BCUT2D eigenvalue weighted by Crippen LogP contribution is -2.26. The van der Waals surface area contributed by atoms with Gasteiger partial charge in [-0.05, 0) is 49.6 Å². The Morgan fingerprint density at radius 2 is 1.93 bits per heavy atom. The average Bonchev–Trinajstić information content (AvgIpc) is 2.65. The molecule has 2 aromatic carbocycles. The minimum absolute atomic E-state index is 0.201. The van der Waals surface area contributed by atoms with E-state index >= 15 is 0 Å². The van der Waals surface area contributed by atoms with E-state index in [2.05, 4.69) is 5.32 Å². The van der Waals surface area contributed by atoms with E-state index in [1.54, 1.807) is 6.07 Å². The Balaban J connectivity index is 1.93. The summed E-state index contributed by atoms with van der Waals surface area (Å²) in [6.45, 7) is 3.04. The predicted molar refractivity (Wildman–Crippen MR) is 113 cm³/mol. The van der Waals surface area contributed by atoms with Gasteiger partial charge in [0.1, 0.15) is 5.75 Å². The summed E-state index contributed by atoms with van der Waals surface area (Å²) in [7, 11) is -1.96. The van der Waals surface area contributed by atoms with Crippen molar-refractivity contribution in [1.29, 1.82) is 0 Å². The van der Waals surface area contributed by atoms with Gasteiger partial charge in [-0.1, -0.05) is 29.8 Å². The van der Waals surface area contributed by atoms with Gasteiger partial charge in [-0.15, -0.1) is 0 Å². The first-order chi connectivity index (χ1) is 13.2. The monoisotopic (exact) mass is 424 g/mol. The van der Waals surface area contributed by atoms with E-state index in [9.17, 15) is 13.2 Å². The van der Waals surface area contributed by atoms with Crippen molar-refractivity contribution >= 4 is 33.2 Å². The van der Waals surface area contributed by atoms with Crippen molar-refractivity contribution in [3.05, 3.63) is 58.6 Å². The van der Waals surface area contributed by atoms with Crippen molar-refractivity contribution < 1.29 is 17.9 Å². The Bertz CT molecular complexity index is 932. The first-order valence-corrected chi connectivity index (χ1v) is 11.2. The van der Waals surface area contributed by atoms with Crippen LogP contribution in [0.15, 0.2) is 42.5 Å². The first kappa shape index (κ1) is 22.0. The highest BCUT2D eigenvalue weighted by atomic mass is 35.5. The molecular formula is C20H25ClN2O4S. The lowest BCUT2D eigenvalue weighted by atomic mass is 10.1. The molecule has 0 unspecified atom stereocenters. The number of nitrogens with zero attached hydrogens (tertiary/aromatic N) is 1. The molecule has 0 aliphatic carbocycles. The molecule has 0 fully saturated rings. The summed E-state index contributed by atoms with van der Waals surface area (Å²) < 4.78 is 29.9. The summed E-state index contributed by atoms with van der Waals surface area (Å²) in [4.78, 5) is 12.4. The molecule has 0 saturated heterocycles. The molecule has 0 aliphatic heterocycles. The molecule has 1 N–H and O–H groups in total. The third kappa shape index (κ3) is 5.87. The molecule has 0 atom stereocenters. The topological polar surface area (TPSA) is 75.7 Å². The summed E-state index contributed by atoms with van der Waals surface area (Å²) in [5.74, 6) is 0.571. The van der Waals surface area contributed by atoms with Gasteiger partial charge in [-0.25, -0.2) is 8.42 Å². The fourth-order valence-electron chi connectivity index (χ4n) is 2.66. The van der Waals surface area contributed by atoms with Crippen molar-refractivity contribution in [2.24, 2.45) is 0 Å². The smallest absolute Gasteiger partial charge is 0.252 e. The molecular weight excluding hydrogens is 400 g/mol. The second-order valence-electron chi connectivity index (χ2n) is 6.29. The number of halogens is 1. The fraction of sp³-hybridized carbons (Fsp3) is 0.350. The van der Waals surface area contributed by atoms with Crippen LogP contribution in [0.2, 0.25) is 5.02 Å². The predicted octanol–water partition coefficient (Wildman–Crippen LogP) is 3.50. The maximum Gasteiger partial charge on any atom is 0.252 e. The highest BCUT2D eigenvalue weighted by Crippen LogP contribution is 2.24. The van der Waals surface area contributed by atoms with Crippen LogP contribution in [0.5, 0.6) is 5.75 Å². The van der Waals surface area contributed by atoms with Crippen LogP contribution in [-0.4, -0.2) is 40.8 Å². The zero-order valence-corrected chi connectivity index (χ0v) is 17.8. The van der Waals surface area contributed by atoms with Crippen LogP contribution in [0.3, 0.4) is 0 Å². The number of carbonyl (C=O) groups is 1. The molecule has 0 spiro atoms. The maximum absolute atomic E-state index is 12.4. The van der Waals surface area contributed by atoms with Crippen molar-refractivity contribution in [2.45, 2.75) is 19.8 Å². The molecule has 0 aliphatic rings. The number of rotatable bonds is 9. The molecule has 0 heterocycles. The number of aryl methyl sites for hydroxylation is 1. The van der Waals surface area contributed by atoms with Crippen LogP contribution in [0.25, 0.3) is 0 Å². The molecule has 8 heteroatoms. The molecule has 2 rings (SSSR count). The molecule has 0 bridgehead atoms. The summed E-state index contributed by atoms with van der Waals surface area (Å²) in [5.41, 5.74) is 1.81. The lowest BCUT2D eigenvalue weighted by Gasteiger charge is -2.17. The van der Waals surface area contributed by atoms with E-state index in [1.165, 1.54) is 19.2 Å². The molecule has 0 aromatic heterocycles. The molecule has 28 heavy (non-hydrogen) atoms. The van der Waals surface area contributed by atoms with Gasteiger partial charge >= 0.3 is 0 Å². The van der Waals surface area contributed by atoms with E-state index in [0.717, 1.165) is 34.7 Å². The van der Waals surface area contributed by atoms with E-state index in [-0.39, 0.29) is 10.9 Å². The number of amides is 1. The highest BCUT2D eigenvalue weighted by molar-refractivity contribution is 7.92. The number of para-hydroxylation sites is 1. The third-order valence-electron chi connectivity index (χ3n) is 4.24. The molecule has 152 valence electrons. The summed E-state index contributed by atoms with van der Waals surface area (Å²) in [5, 5.41) is 3.05. The number of carbonyl (C=O) groups excluding carboxylic acids is 1. The van der Waals surface area contributed by atoms with Gasteiger partial charge < -0.3 is 10.1 Å². The molecule has 0 radical (unpaired) electrons. The van der Waals surface area contributed by atoms with Crippen LogP contribution >= 0.6 is 11.6 Å². The summed E-state index contributed by atoms with van der Waals surface area (Å²) in [6, 6.07) is 12.4. The normalized spacial score (nSPS) is 11.1. The quantitative estimate of drug-likeness (QED) is 0.625.